The zero-order valence-corrected chi connectivity index (χ0v) is 18.7. The Kier molecular flexibility index (Phi) is 5.52. The lowest BCUT2D eigenvalue weighted by atomic mass is 10.2. The molecule has 0 radical (unpaired) electrons. The summed E-state index contributed by atoms with van der Waals surface area (Å²) in [6.45, 7) is 7.24. The van der Waals surface area contributed by atoms with Crippen LogP contribution in [0.4, 0.5) is 0 Å². The number of hydrogen-bond acceptors (Lipinski definition) is 7. The second kappa shape index (κ2) is 8.48. The summed E-state index contributed by atoms with van der Waals surface area (Å²) in [5.74, 6) is 4.23. The lowest BCUT2D eigenvalue weighted by molar-refractivity contribution is 0.0948. The summed E-state index contributed by atoms with van der Waals surface area (Å²) in [5.41, 5.74) is 1.55. The molecule has 0 spiro atoms. The van der Waals surface area contributed by atoms with Gasteiger partial charge in [0.15, 0.2) is 17.3 Å². The third-order valence-corrected chi connectivity index (χ3v) is 6.18. The van der Waals surface area contributed by atoms with Gasteiger partial charge in [0.05, 0.1) is 12.1 Å². The average Bonchev–Trinajstić information content (AvgIpc) is 3.43. The summed E-state index contributed by atoms with van der Waals surface area (Å²) in [6.07, 6.45) is 0.767. The van der Waals surface area contributed by atoms with Crippen LogP contribution in [0, 0.1) is 13.8 Å². The van der Waals surface area contributed by atoms with E-state index in [1.54, 1.807) is 13.0 Å². The van der Waals surface area contributed by atoms with E-state index in [1.807, 2.05) is 19.1 Å². The minimum Gasteiger partial charge on any atom is -0.466 e. The molecule has 2 aliphatic rings. The van der Waals surface area contributed by atoms with E-state index in [-0.39, 0.29) is 12.7 Å². The van der Waals surface area contributed by atoms with Crippen LogP contribution in [0.5, 0.6) is 11.5 Å². The Morgan fingerprint density at radius 2 is 1.94 bits per heavy atom. The van der Waals surface area contributed by atoms with Crippen LogP contribution in [0.1, 0.15) is 39.1 Å². The Bertz CT molecular complexity index is 1170. The molecular weight excluding hydrogens is 434 g/mol. The molecule has 32 heavy (non-hydrogen) atoms. The van der Waals surface area contributed by atoms with Crippen molar-refractivity contribution in [3.05, 3.63) is 57.5 Å². The number of nitrogens with one attached hydrogen (secondary N) is 1. The van der Waals surface area contributed by atoms with Crippen molar-refractivity contribution in [2.24, 2.45) is 0 Å². The summed E-state index contributed by atoms with van der Waals surface area (Å²) in [6, 6.07) is 5.51. The first-order valence-electron chi connectivity index (χ1n) is 10.5. The number of aryl methyl sites for hydroxylation is 2. The number of fused-ring (bicyclic) bond motifs is 2. The number of halogens is 1. The van der Waals surface area contributed by atoms with Gasteiger partial charge in [-0.25, -0.2) is 0 Å². The van der Waals surface area contributed by atoms with Crippen LogP contribution in [0.2, 0.25) is 5.02 Å². The topological polar surface area (TPSA) is 94.7 Å². The first-order chi connectivity index (χ1) is 15.5. The summed E-state index contributed by atoms with van der Waals surface area (Å²) < 4.78 is 18.4. The van der Waals surface area contributed by atoms with Gasteiger partial charge in [-0.2, -0.15) is 0 Å². The van der Waals surface area contributed by atoms with E-state index >= 15 is 0 Å². The number of carbonyl (C=O) groups is 1. The molecule has 2 aliphatic heterocycles. The third kappa shape index (κ3) is 4.05. The van der Waals surface area contributed by atoms with Crippen LogP contribution < -0.4 is 14.8 Å². The maximum absolute atomic E-state index is 12.5. The molecule has 0 atom stereocenters. The molecule has 0 fully saturated rings. The van der Waals surface area contributed by atoms with E-state index in [2.05, 4.69) is 25.0 Å². The molecule has 0 saturated carbocycles. The normalized spacial score (nSPS) is 15.5. The van der Waals surface area contributed by atoms with Crippen LogP contribution in [0.15, 0.2) is 22.6 Å². The minimum atomic E-state index is -0.176. The van der Waals surface area contributed by atoms with Crippen molar-refractivity contribution in [3.8, 4) is 11.5 Å². The Labute approximate surface area is 190 Å². The van der Waals surface area contributed by atoms with E-state index in [4.69, 9.17) is 25.5 Å². The molecular formula is C22H24ClN5O4. The number of nitrogens with zero attached hydrogens (tertiary/aromatic N) is 4. The molecule has 4 heterocycles. The predicted molar refractivity (Wildman–Crippen MR) is 116 cm³/mol. The van der Waals surface area contributed by atoms with Crippen molar-refractivity contribution >= 4 is 17.5 Å². The molecule has 2 aromatic heterocycles. The molecule has 10 heteroatoms. The first-order valence-corrected chi connectivity index (χ1v) is 10.9. The zero-order chi connectivity index (χ0) is 22.2. The molecule has 0 unspecified atom stereocenters. The van der Waals surface area contributed by atoms with Crippen molar-refractivity contribution in [1.29, 1.82) is 0 Å². The van der Waals surface area contributed by atoms with Gasteiger partial charge in [0.25, 0.3) is 5.91 Å². The largest absolute Gasteiger partial charge is 0.466 e. The molecule has 0 bridgehead atoms. The van der Waals surface area contributed by atoms with Gasteiger partial charge < -0.3 is 23.8 Å². The minimum absolute atomic E-state index is 0.176. The summed E-state index contributed by atoms with van der Waals surface area (Å²) in [5, 5.41) is 12.3. The lowest BCUT2D eigenvalue weighted by Crippen LogP contribution is -2.28. The number of furan rings is 1. The van der Waals surface area contributed by atoms with Crippen LogP contribution in [-0.4, -0.2) is 45.5 Å². The monoisotopic (exact) mass is 457 g/mol. The maximum Gasteiger partial charge on any atom is 0.255 e. The van der Waals surface area contributed by atoms with Gasteiger partial charge >= 0.3 is 0 Å². The van der Waals surface area contributed by atoms with E-state index in [0.717, 1.165) is 49.0 Å². The fourth-order valence-corrected chi connectivity index (χ4v) is 4.36. The quantitative estimate of drug-likeness (QED) is 0.629. The molecule has 168 valence electrons. The number of carbonyl (C=O) groups excluding carboxylic acids is 1. The first kappa shape index (κ1) is 20.8. The molecule has 0 aliphatic carbocycles. The van der Waals surface area contributed by atoms with E-state index in [0.29, 0.717) is 40.9 Å². The van der Waals surface area contributed by atoms with Crippen LogP contribution in [0.3, 0.4) is 0 Å². The number of rotatable bonds is 5. The number of benzene rings is 1. The van der Waals surface area contributed by atoms with Gasteiger partial charge in [0.1, 0.15) is 17.3 Å². The van der Waals surface area contributed by atoms with Crippen molar-refractivity contribution in [3.63, 3.8) is 0 Å². The van der Waals surface area contributed by atoms with Crippen LogP contribution >= 0.6 is 11.6 Å². The fraction of sp³-hybridized carbons (Fsp3) is 0.409. The number of aromatic nitrogens is 3. The van der Waals surface area contributed by atoms with Gasteiger partial charge in [-0.3, -0.25) is 9.69 Å². The van der Waals surface area contributed by atoms with E-state index < -0.39 is 0 Å². The maximum atomic E-state index is 12.5. The third-order valence-electron chi connectivity index (χ3n) is 5.82. The Hall–Kier alpha value is -3.04. The van der Waals surface area contributed by atoms with Gasteiger partial charge in [0, 0.05) is 43.7 Å². The van der Waals surface area contributed by atoms with Gasteiger partial charge in [-0.05, 0) is 31.5 Å². The molecule has 1 amide bonds. The highest BCUT2D eigenvalue weighted by molar-refractivity contribution is 6.31. The molecule has 0 saturated heterocycles. The van der Waals surface area contributed by atoms with Crippen molar-refractivity contribution in [2.45, 2.75) is 39.9 Å². The SMILES string of the molecule is Cc1cc(C(=O)NCc2nnc3n2CCN(Cc2cc4c(cc2Cl)OCO4)CC3)c(C)o1. The second-order valence-electron chi connectivity index (χ2n) is 8.02. The predicted octanol–water partition coefficient (Wildman–Crippen LogP) is 2.86. The number of amides is 1. The number of hydrogen-bond donors (Lipinski definition) is 1. The standard InChI is InChI=1S/C22H24ClN5O4/c1-13-7-16(14(2)32-13)22(29)24-10-21-26-25-20-3-4-27(5-6-28(20)21)11-15-8-18-19(9-17(15)23)31-12-30-18/h7-9H,3-6,10-12H2,1-2H3,(H,24,29). The molecule has 5 rings (SSSR count). The molecule has 1 N–H and O–H groups in total. The van der Waals surface area contributed by atoms with Crippen LogP contribution in [-0.2, 0) is 26.1 Å². The Morgan fingerprint density at radius 1 is 1.12 bits per heavy atom. The van der Waals surface area contributed by atoms with Crippen LogP contribution in [0.25, 0.3) is 0 Å². The molecule has 1 aromatic carbocycles. The molecule has 9 nitrogen and oxygen atoms in total. The zero-order valence-electron chi connectivity index (χ0n) is 18.0. The lowest BCUT2D eigenvalue weighted by Gasteiger charge is -2.20. The Balaban J connectivity index is 1.23. The van der Waals surface area contributed by atoms with Gasteiger partial charge in [-0.15, -0.1) is 10.2 Å². The summed E-state index contributed by atoms with van der Waals surface area (Å²) in [7, 11) is 0. The second-order valence-corrected chi connectivity index (χ2v) is 8.42. The fourth-order valence-electron chi connectivity index (χ4n) is 4.15. The average molecular weight is 458 g/mol. The highest BCUT2D eigenvalue weighted by Gasteiger charge is 2.22. The Morgan fingerprint density at radius 3 is 2.72 bits per heavy atom. The summed E-state index contributed by atoms with van der Waals surface area (Å²) in [4.78, 5) is 14.8. The summed E-state index contributed by atoms with van der Waals surface area (Å²) >= 11 is 6.46. The van der Waals surface area contributed by atoms with Crippen molar-refractivity contribution in [1.82, 2.24) is 25.0 Å². The van der Waals surface area contributed by atoms with Crippen molar-refractivity contribution in [2.75, 3.05) is 19.9 Å². The van der Waals surface area contributed by atoms with E-state index in [1.165, 1.54) is 0 Å². The molecule has 3 aromatic rings. The van der Waals surface area contributed by atoms with E-state index in [9.17, 15) is 4.79 Å². The number of ether oxygens (including phenoxy) is 2. The van der Waals surface area contributed by atoms with Gasteiger partial charge in [-0.1, -0.05) is 11.6 Å². The van der Waals surface area contributed by atoms with Gasteiger partial charge in [0.2, 0.25) is 6.79 Å². The highest BCUT2D eigenvalue weighted by atomic mass is 35.5. The van der Waals surface area contributed by atoms with Crippen molar-refractivity contribution < 1.29 is 18.7 Å². The highest BCUT2D eigenvalue weighted by Crippen LogP contribution is 2.37. The smallest absolute Gasteiger partial charge is 0.255 e.